The molecule has 0 aliphatic heterocycles. The summed E-state index contributed by atoms with van der Waals surface area (Å²) in [5.41, 5.74) is 1.87. The van der Waals surface area contributed by atoms with E-state index in [9.17, 15) is 4.79 Å². The fourth-order valence-corrected chi connectivity index (χ4v) is 2.52. The van der Waals surface area contributed by atoms with Gasteiger partial charge in [-0.2, -0.15) is 0 Å². The maximum absolute atomic E-state index is 12.2. The number of amides is 1. The normalized spacial score (nSPS) is 10.5. The van der Waals surface area contributed by atoms with Crippen molar-refractivity contribution in [3.05, 3.63) is 52.5 Å². The SMILES string of the molecule is CCCn1cc(Br)cc1C(=O)NCCc1ccncc1. The van der Waals surface area contributed by atoms with E-state index in [0.29, 0.717) is 12.2 Å². The maximum atomic E-state index is 12.2. The Hall–Kier alpha value is -1.62. The molecule has 5 heteroatoms. The van der Waals surface area contributed by atoms with Gasteiger partial charge in [0.25, 0.3) is 5.91 Å². The lowest BCUT2D eigenvalue weighted by molar-refractivity contribution is 0.0944. The maximum Gasteiger partial charge on any atom is 0.267 e. The molecular weight excluding hydrogens is 318 g/mol. The molecule has 1 amide bonds. The third kappa shape index (κ3) is 3.93. The Bertz CT molecular complexity index is 566. The minimum Gasteiger partial charge on any atom is -0.350 e. The van der Waals surface area contributed by atoms with Crippen LogP contribution in [0.25, 0.3) is 0 Å². The van der Waals surface area contributed by atoms with Crippen LogP contribution >= 0.6 is 15.9 Å². The predicted molar refractivity (Wildman–Crippen MR) is 82.7 cm³/mol. The highest BCUT2D eigenvalue weighted by Crippen LogP contribution is 2.15. The molecule has 0 fully saturated rings. The molecule has 0 aliphatic rings. The molecule has 0 unspecified atom stereocenters. The van der Waals surface area contributed by atoms with Gasteiger partial charge in [-0.25, -0.2) is 0 Å². The summed E-state index contributed by atoms with van der Waals surface area (Å²) in [6.07, 6.45) is 7.28. The number of nitrogens with one attached hydrogen (secondary N) is 1. The number of hydrogen-bond acceptors (Lipinski definition) is 2. The van der Waals surface area contributed by atoms with Gasteiger partial charge in [0.05, 0.1) is 0 Å². The van der Waals surface area contributed by atoms with Crippen LogP contribution in [0.15, 0.2) is 41.3 Å². The van der Waals surface area contributed by atoms with E-state index in [1.165, 1.54) is 5.56 Å². The molecular formula is C15H18BrN3O. The molecule has 0 aromatic carbocycles. The third-order valence-electron chi connectivity index (χ3n) is 3.01. The van der Waals surface area contributed by atoms with Gasteiger partial charge in [-0.05, 0) is 52.5 Å². The van der Waals surface area contributed by atoms with E-state index >= 15 is 0 Å². The van der Waals surface area contributed by atoms with Crippen molar-refractivity contribution in [2.45, 2.75) is 26.3 Å². The van der Waals surface area contributed by atoms with Gasteiger partial charge in [-0.15, -0.1) is 0 Å². The first-order valence-electron chi connectivity index (χ1n) is 6.73. The lowest BCUT2D eigenvalue weighted by atomic mass is 10.2. The minimum absolute atomic E-state index is 0.0294. The van der Waals surface area contributed by atoms with E-state index in [2.05, 4.69) is 33.2 Å². The van der Waals surface area contributed by atoms with E-state index in [1.54, 1.807) is 12.4 Å². The Kier molecular flexibility index (Phi) is 5.35. The zero-order valence-electron chi connectivity index (χ0n) is 11.5. The van der Waals surface area contributed by atoms with E-state index in [-0.39, 0.29) is 5.91 Å². The van der Waals surface area contributed by atoms with Gasteiger partial charge in [-0.1, -0.05) is 6.92 Å². The van der Waals surface area contributed by atoms with Crippen molar-refractivity contribution < 1.29 is 4.79 Å². The molecule has 1 N–H and O–H groups in total. The Labute approximate surface area is 127 Å². The first-order chi connectivity index (χ1) is 9.70. The number of hydrogen-bond donors (Lipinski definition) is 1. The number of aryl methyl sites for hydroxylation is 1. The van der Waals surface area contributed by atoms with Gasteiger partial charge in [0.15, 0.2) is 0 Å². The van der Waals surface area contributed by atoms with Crippen LogP contribution in [0.4, 0.5) is 0 Å². The highest BCUT2D eigenvalue weighted by atomic mass is 79.9. The molecule has 0 spiro atoms. The fraction of sp³-hybridized carbons (Fsp3) is 0.333. The second kappa shape index (κ2) is 7.24. The summed E-state index contributed by atoms with van der Waals surface area (Å²) in [5, 5.41) is 2.96. The summed E-state index contributed by atoms with van der Waals surface area (Å²) in [7, 11) is 0. The van der Waals surface area contributed by atoms with Gasteiger partial charge in [0, 0.05) is 36.2 Å². The van der Waals surface area contributed by atoms with Crippen molar-refractivity contribution in [2.75, 3.05) is 6.54 Å². The molecule has 0 radical (unpaired) electrons. The summed E-state index contributed by atoms with van der Waals surface area (Å²) in [6.45, 7) is 3.56. The van der Waals surface area contributed by atoms with Crippen molar-refractivity contribution in [1.82, 2.24) is 14.9 Å². The van der Waals surface area contributed by atoms with E-state index in [0.717, 1.165) is 23.9 Å². The zero-order valence-corrected chi connectivity index (χ0v) is 13.1. The molecule has 0 atom stereocenters. The van der Waals surface area contributed by atoms with Crippen molar-refractivity contribution in [2.24, 2.45) is 0 Å². The second-order valence-corrected chi connectivity index (χ2v) is 5.51. The first kappa shape index (κ1) is 14.8. The molecule has 0 bridgehead atoms. The number of rotatable bonds is 6. The van der Waals surface area contributed by atoms with Crippen LogP contribution in [0.5, 0.6) is 0 Å². The number of nitrogens with zero attached hydrogens (tertiary/aromatic N) is 2. The predicted octanol–water partition coefficient (Wildman–Crippen LogP) is 3.03. The zero-order chi connectivity index (χ0) is 14.4. The fourth-order valence-electron chi connectivity index (χ4n) is 2.05. The van der Waals surface area contributed by atoms with Gasteiger partial charge < -0.3 is 9.88 Å². The third-order valence-corrected chi connectivity index (χ3v) is 3.44. The molecule has 2 heterocycles. The van der Waals surface area contributed by atoms with Crippen molar-refractivity contribution in [3.8, 4) is 0 Å². The number of halogens is 1. The van der Waals surface area contributed by atoms with Gasteiger partial charge >= 0.3 is 0 Å². The second-order valence-electron chi connectivity index (χ2n) is 4.60. The van der Waals surface area contributed by atoms with Crippen LogP contribution in [0.2, 0.25) is 0 Å². The van der Waals surface area contributed by atoms with E-state index < -0.39 is 0 Å². The molecule has 0 aliphatic carbocycles. The Balaban J connectivity index is 1.91. The quantitative estimate of drug-likeness (QED) is 0.881. The number of aromatic nitrogens is 2. The van der Waals surface area contributed by atoms with Gasteiger partial charge in [-0.3, -0.25) is 9.78 Å². The Morgan fingerprint density at radius 1 is 1.40 bits per heavy atom. The van der Waals surface area contributed by atoms with Crippen molar-refractivity contribution in [3.63, 3.8) is 0 Å². The summed E-state index contributed by atoms with van der Waals surface area (Å²) in [4.78, 5) is 16.2. The topological polar surface area (TPSA) is 46.9 Å². The number of carbonyl (C=O) groups is 1. The monoisotopic (exact) mass is 335 g/mol. The van der Waals surface area contributed by atoms with E-state index in [4.69, 9.17) is 0 Å². The van der Waals surface area contributed by atoms with Crippen LogP contribution in [0.1, 0.15) is 29.4 Å². The van der Waals surface area contributed by atoms with Gasteiger partial charge in [0.1, 0.15) is 5.69 Å². The molecule has 0 saturated carbocycles. The lowest BCUT2D eigenvalue weighted by Gasteiger charge is -2.08. The van der Waals surface area contributed by atoms with Crippen LogP contribution in [0.3, 0.4) is 0 Å². The lowest BCUT2D eigenvalue weighted by Crippen LogP contribution is -2.27. The summed E-state index contributed by atoms with van der Waals surface area (Å²) in [6, 6.07) is 5.78. The van der Waals surface area contributed by atoms with Crippen molar-refractivity contribution >= 4 is 21.8 Å². The molecule has 4 nitrogen and oxygen atoms in total. The molecule has 0 saturated heterocycles. The Morgan fingerprint density at radius 2 is 2.15 bits per heavy atom. The summed E-state index contributed by atoms with van der Waals surface area (Å²) >= 11 is 3.42. The largest absolute Gasteiger partial charge is 0.350 e. The minimum atomic E-state index is -0.0294. The average Bonchev–Trinajstić information content (AvgIpc) is 2.81. The smallest absolute Gasteiger partial charge is 0.267 e. The van der Waals surface area contributed by atoms with Crippen LogP contribution in [-0.4, -0.2) is 22.0 Å². The molecule has 20 heavy (non-hydrogen) atoms. The highest BCUT2D eigenvalue weighted by molar-refractivity contribution is 9.10. The Morgan fingerprint density at radius 3 is 2.85 bits per heavy atom. The summed E-state index contributed by atoms with van der Waals surface area (Å²) < 4.78 is 2.91. The molecule has 2 aromatic rings. The van der Waals surface area contributed by atoms with Gasteiger partial charge in [0.2, 0.25) is 0 Å². The number of pyridine rings is 1. The molecule has 106 valence electrons. The van der Waals surface area contributed by atoms with Crippen LogP contribution < -0.4 is 5.32 Å². The first-order valence-corrected chi connectivity index (χ1v) is 7.52. The van der Waals surface area contributed by atoms with E-state index in [1.807, 2.05) is 29.0 Å². The molecule has 2 rings (SSSR count). The standard InChI is InChI=1S/C15H18BrN3O/c1-2-9-19-11-13(16)10-14(19)15(20)18-8-5-12-3-6-17-7-4-12/h3-4,6-7,10-11H,2,5,8-9H2,1H3,(H,18,20). The highest BCUT2D eigenvalue weighted by Gasteiger charge is 2.12. The van der Waals surface area contributed by atoms with Crippen molar-refractivity contribution in [1.29, 1.82) is 0 Å². The molecule has 2 aromatic heterocycles. The summed E-state index contributed by atoms with van der Waals surface area (Å²) in [5.74, 6) is -0.0294. The average molecular weight is 336 g/mol. The van der Waals surface area contributed by atoms with Crippen LogP contribution in [-0.2, 0) is 13.0 Å². The number of carbonyl (C=O) groups excluding carboxylic acids is 1. The van der Waals surface area contributed by atoms with Crippen LogP contribution in [0, 0.1) is 0 Å².